The molecule has 0 N–H and O–H groups in total. The van der Waals surface area contributed by atoms with Crippen LogP contribution in [0, 0.1) is 6.92 Å². The number of piperidine rings is 1. The van der Waals surface area contributed by atoms with Gasteiger partial charge in [-0.1, -0.05) is 17.8 Å². The summed E-state index contributed by atoms with van der Waals surface area (Å²) in [5, 5.41) is 0.831. The van der Waals surface area contributed by atoms with E-state index in [1.54, 1.807) is 11.8 Å². The number of aromatic nitrogens is 2. The van der Waals surface area contributed by atoms with Crippen LogP contribution in [0.15, 0.2) is 29.6 Å². The number of morpholine rings is 1. The summed E-state index contributed by atoms with van der Waals surface area (Å²) in [7, 11) is 0. The number of benzene rings is 1. The van der Waals surface area contributed by atoms with Gasteiger partial charge in [0, 0.05) is 50.6 Å². The van der Waals surface area contributed by atoms with Crippen LogP contribution in [0.2, 0.25) is 0 Å². The van der Waals surface area contributed by atoms with Gasteiger partial charge in [0.25, 0.3) is 0 Å². The van der Waals surface area contributed by atoms with Crippen LogP contribution in [0.3, 0.4) is 0 Å². The molecule has 0 saturated carbocycles. The van der Waals surface area contributed by atoms with Gasteiger partial charge in [-0.2, -0.15) is 0 Å². The van der Waals surface area contributed by atoms with Crippen molar-refractivity contribution in [2.24, 2.45) is 0 Å². The van der Waals surface area contributed by atoms with Gasteiger partial charge < -0.3 is 19.1 Å². The van der Waals surface area contributed by atoms with Crippen molar-refractivity contribution in [3.05, 3.63) is 41.2 Å². The van der Waals surface area contributed by atoms with E-state index in [9.17, 15) is 4.79 Å². The van der Waals surface area contributed by atoms with E-state index in [1.165, 1.54) is 0 Å². The molecular formula is C25H32N4O4S. The molecule has 1 aromatic carbocycles. The van der Waals surface area contributed by atoms with Crippen molar-refractivity contribution >= 4 is 17.7 Å². The molecule has 0 unspecified atom stereocenters. The van der Waals surface area contributed by atoms with Crippen LogP contribution in [0.4, 0.5) is 0 Å². The first kappa shape index (κ1) is 23.4. The van der Waals surface area contributed by atoms with Gasteiger partial charge in [-0.05, 0) is 43.0 Å². The first-order valence-corrected chi connectivity index (χ1v) is 13.1. The Bertz CT molecular complexity index is 1010. The second kappa shape index (κ2) is 10.9. The Morgan fingerprint density at radius 3 is 2.91 bits per heavy atom. The maximum absolute atomic E-state index is 13.1. The third-order valence-corrected chi connectivity index (χ3v) is 7.53. The predicted molar refractivity (Wildman–Crippen MR) is 130 cm³/mol. The summed E-state index contributed by atoms with van der Waals surface area (Å²) in [6, 6.07) is 5.74. The summed E-state index contributed by atoms with van der Waals surface area (Å²) in [5.74, 6) is 2.82. The van der Waals surface area contributed by atoms with Crippen molar-refractivity contribution in [1.29, 1.82) is 0 Å². The zero-order valence-corrected chi connectivity index (χ0v) is 20.5. The number of nitrogens with zero attached hydrogens (tertiary/aromatic N) is 4. The highest BCUT2D eigenvalue weighted by Gasteiger charge is 2.27. The van der Waals surface area contributed by atoms with Gasteiger partial charge in [-0.25, -0.2) is 9.97 Å². The molecule has 5 rings (SSSR count). The second-order valence-electron chi connectivity index (χ2n) is 9.07. The normalized spacial score (nSPS) is 20.5. The number of likely N-dealkylation sites (tertiary alicyclic amines) is 1. The summed E-state index contributed by atoms with van der Waals surface area (Å²) in [6.07, 6.45) is 4.34. The second-order valence-corrected chi connectivity index (χ2v) is 10.1. The van der Waals surface area contributed by atoms with Crippen molar-refractivity contribution in [1.82, 2.24) is 19.8 Å². The van der Waals surface area contributed by atoms with Crippen LogP contribution >= 0.6 is 11.8 Å². The zero-order valence-electron chi connectivity index (χ0n) is 19.7. The quantitative estimate of drug-likeness (QED) is 0.439. The molecule has 1 atom stereocenters. The standard InChI is InChI=1S/C25H32N4O4S/c1-18-15-26-25(34-12-9-28-7-10-31-11-8-28)27-24(18)20-3-2-6-29(16-20)23(30)14-19-4-5-21-22(13-19)33-17-32-21/h4-5,13,15,20H,2-3,6-12,14,16-17H2,1H3/t20-/m1/s1. The molecule has 0 bridgehead atoms. The number of hydrogen-bond donors (Lipinski definition) is 0. The topological polar surface area (TPSA) is 77.0 Å². The molecule has 34 heavy (non-hydrogen) atoms. The first-order valence-electron chi connectivity index (χ1n) is 12.1. The van der Waals surface area contributed by atoms with Crippen LogP contribution < -0.4 is 9.47 Å². The van der Waals surface area contributed by atoms with Gasteiger partial charge in [0.05, 0.1) is 25.3 Å². The molecule has 0 radical (unpaired) electrons. The molecular weight excluding hydrogens is 452 g/mol. The van der Waals surface area contributed by atoms with E-state index in [4.69, 9.17) is 19.2 Å². The highest BCUT2D eigenvalue weighted by atomic mass is 32.2. The lowest BCUT2D eigenvalue weighted by atomic mass is 9.92. The highest BCUT2D eigenvalue weighted by molar-refractivity contribution is 7.99. The number of amides is 1. The van der Waals surface area contributed by atoms with E-state index in [-0.39, 0.29) is 18.6 Å². The van der Waals surface area contributed by atoms with Crippen molar-refractivity contribution in [2.45, 2.75) is 37.3 Å². The molecule has 2 aromatic rings. The first-order chi connectivity index (χ1) is 16.7. The number of carbonyl (C=O) groups excluding carboxylic acids is 1. The summed E-state index contributed by atoms with van der Waals surface area (Å²) in [6.45, 7) is 8.48. The number of thioether (sulfide) groups is 1. The SMILES string of the molecule is Cc1cnc(SCCN2CCOCC2)nc1[C@@H]1CCCN(C(=O)Cc2ccc3c(c2)OCO3)C1. The van der Waals surface area contributed by atoms with Gasteiger partial charge >= 0.3 is 0 Å². The van der Waals surface area contributed by atoms with Crippen molar-refractivity contribution in [3.63, 3.8) is 0 Å². The number of rotatable bonds is 7. The summed E-state index contributed by atoms with van der Waals surface area (Å²) in [4.78, 5) is 27.0. The van der Waals surface area contributed by atoms with E-state index in [0.29, 0.717) is 13.0 Å². The average Bonchev–Trinajstić information content (AvgIpc) is 3.34. The molecule has 3 aliphatic heterocycles. The van der Waals surface area contributed by atoms with Crippen LogP contribution in [0.5, 0.6) is 11.5 Å². The monoisotopic (exact) mass is 484 g/mol. The Morgan fingerprint density at radius 1 is 1.18 bits per heavy atom. The minimum absolute atomic E-state index is 0.149. The molecule has 1 amide bonds. The number of ether oxygens (including phenoxy) is 3. The molecule has 8 nitrogen and oxygen atoms in total. The van der Waals surface area contributed by atoms with Crippen molar-refractivity contribution < 1.29 is 19.0 Å². The third kappa shape index (κ3) is 5.64. The van der Waals surface area contributed by atoms with Crippen LogP contribution in [-0.2, 0) is 16.0 Å². The smallest absolute Gasteiger partial charge is 0.231 e. The number of carbonyl (C=O) groups is 1. The molecule has 3 aliphatic rings. The Morgan fingerprint density at radius 2 is 2.03 bits per heavy atom. The zero-order chi connectivity index (χ0) is 23.3. The Labute approximate surface area is 205 Å². The van der Waals surface area contributed by atoms with E-state index >= 15 is 0 Å². The van der Waals surface area contributed by atoms with E-state index in [2.05, 4.69) is 16.8 Å². The molecule has 1 aromatic heterocycles. The van der Waals surface area contributed by atoms with Crippen molar-refractivity contribution in [2.75, 3.05) is 58.5 Å². The lowest BCUT2D eigenvalue weighted by Crippen LogP contribution is -2.40. The number of fused-ring (bicyclic) bond motifs is 1. The molecule has 182 valence electrons. The van der Waals surface area contributed by atoms with Gasteiger partial charge in [-0.15, -0.1) is 0 Å². The fraction of sp³-hybridized carbons (Fsp3) is 0.560. The number of aryl methyl sites for hydroxylation is 1. The third-order valence-electron chi connectivity index (χ3n) is 6.68. The predicted octanol–water partition coefficient (Wildman–Crippen LogP) is 2.89. The Hall–Kier alpha value is -2.36. The maximum Gasteiger partial charge on any atom is 0.231 e. The minimum atomic E-state index is 0.149. The fourth-order valence-corrected chi connectivity index (χ4v) is 5.60. The minimum Gasteiger partial charge on any atom is -0.454 e. The van der Waals surface area contributed by atoms with E-state index in [1.807, 2.05) is 29.3 Å². The lowest BCUT2D eigenvalue weighted by molar-refractivity contribution is -0.131. The van der Waals surface area contributed by atoms with Crippen LogP contribution in [-0.4, -0.2) is 84.2 Å². The van der Waals surface area contributed by atoms with E-state index < -0.39 is 0 Å². The molecule has 2 fully saturated rings. The maximum atomic E-state index is 13.1. The number of hydrogen-bond acceptors (Lipinski definition) is 8. The fourth-order valence-electron chi connectivity index (χ4n) is 4.78. The lowest BCUT2D eigenvalue weighted by Gasteiger charge is -2.33. The van der Waals surface area contributed by atoms with E-state index in [0.717, 1.165) is 91.5 Å². The molecule has 0 aliphatic carbocycles. The average molecular weight is 485 g/mol. The molecule has 4 heterocycles. The van der Waals surface area contributed by atoms with Crippen LogP contribution in [0.1, 0.15) is 35.6 Å². The molecule has 9 heteroatoms. The Kier molecular flexibility index (Phi) is 7.51. The van der Waals surface area contributed by atoms with Crippen LogP contribution in [0.25, 0.3) is 0 Å². The largest absolute Gasteiger partial charge is 0.454 e. The summed E-state index contributed by atoms with van der Waals surface area (Å²) < 4.78 is 16.3. The molecule has 0 spiro atoms. The van der Waals surface area contributed by atoms with Gasteiger partial charge in [0.1, 0.15) is 0 Å². The van der Waals surface area contributed by atoms with Gasteiger partial charge in [0.15, 0.2) is 16.7 Å². The van der Waals surface area contributed by atoms with Gasteiger partial charge in [-0.3, -0.25) is 9.69 Å². The highest BCUT2D eigenvalue weighted by Crippen LogP contribution is 2.33. The summed E-state index contributed by atoms with van der Waals surface area (Å²) in [5.41, 5.74) is 3.14. The van der Waals surface area contributed by atoms with Gasteiger partial charge in [0.2, 0.25) is 12.7 Å². The Balaban J connectivity index is 1.18. The van der Waals surface area contributed by atoms with Crippen molar-refractivity contribution in [3.8, 4) is 11.5 Å². The molecule has 2 saturated heterocycles. The summed E-state index contributed by atoms with van der Waals surface area (Å²) >= 11 is 1.71.